The summed E-state index contributed by atoms with van der Waals surface area (Å²) in [4.78, 5) is 57.4. The maximum atomic E-state index is 13.2. The summed E-state index contributed by atoms with van der Waals surface area (Å²) in [7, 11) is 0. The minimum absolute atomic E-state index is 0.0273. The van der Waals surface area contributed by atoms with Crippen LogP contribution in [0.25, 0.3) is 0 Å². The van der Waals surface area contributed by atoms with Crippen molar-refractivity contribution >= 4 is 36.3 Å². The highest BCUT2D eigenvalue weighted by atomic mass is 32.1. The van der Waals surface area contributed by atoms with E-state index in [0.29, 0.717) is 30.6 Å². The van der Waals surface area contributed by atoms with E-state index in [-0.39, 0.29) is 30.8 Å². The summed E-state index contributed by atoms with van der Waals surface area (Å²) in [6.07, 6.45) is 4.21. The Hall–Kier alpha value is -3.62. The van der Waals surface area contributed by atoms with Gasteiger partial charge in [-0.25, -0.2) is 9.78 Å². The number of carbonyl (C=O) groups is 4. The van der Waals surface area contributed by atoms with E-state index in [1.54, 1.807) is 12.1 Å². The summed E-state index contributed by atoms with van der Waals surface area (Å²) < 4.78 is 0. The number of phenols is 1. The Balaban J connectivity index is 2.18. The van der Waals surface area contributed by atoms with Crippen LogP contribution in [0.5, 0.6) is 5.75 Å². The molecule has 0 aliphatic rings. The van der Waals surface area contributed by atoms with Crippen molar-refractivity contribution in [2.75, 3.05) is 12.3 Å². The van der Waals surface area contributed by atoms with Crippen LogP contribution in [0.2, 0.25) is 0 Å². The van der Waals surface area contributed by atoms with Gasteiger partial charge in [-0.2, -0.15) is 12.6 Å². The SMILES string of the molecule is NCCCCC(NC(=O)C(Cc1cnc[nH]1)NC(=O)C(N)CS)C(=O)NC(Cc1ccc(O)cc1)C(=O)O. The standard InChI is InChI=1S/C24H35N7O6S/c25-8-2-1-3-18(22(34)31-20(24(36)37)9-14-4-6-16(32)7-5-14)29-23(35)19(10-15-11-27-13-28-15)30-21(33)17(26)12-38/h4-7,11,13,17-20,32,38H,1-3,8-10,12,25-26H2,(H,27,28)(H,29,35)(H,30,33)(H,31,34)(H,36,37). The number of aromatic nitrogens is 2. The van der Waals surface area contributed by atoms with E-state index in [1.165, 1.54) is 24.7 Å². The number of imidazole rings is 1. The fraction of sp³-hybridized carbons (Fsp3) is 0.458. The van der Waals surface area contributed by atoms with Gasteiger partial charge in [-0.05, 0) is 43.5 Å². The Bertz CT molecular complexity index is 1050. The van der Waals surface area contributed by atoms with E-state index < -0.39 is 47.9 Å². The van der Waals surface area contributed by atoms with E-state index in [0.717, 1.165) is 0 Å². The zero-order valence-corrected chi connectivity index (χ0v) is 21.7. The Labute approximate surface area is 225 Å². The monoisotopic (exact) mass is 549 g/mol. The topological polar surface area (TPSA) is 226 Å². The van der Waals surface area contributed by atoms with Gasteiger partial charge < -0.3 is 42.6 Å². The van der Waals surface area contributed by atoms with Crippen LogP contribution in [-0.4, -0.2) is 80.3 Å². The Morgan fingerprint density at radius 2 is 1.58 bits per heavy atom. The number of amides is 3. The van der Waals surface area contributed by atoms with E-state index >= 15 is 0 Å². The summed E-state index contributed by atoms with van der Waals surface area (Å²) >= 11 is 4.01. The number of rotatable bonds is 16. The van der Waals surface area contributed by atoms with Crippen molar-refractivity contribution in [1.82, 2.24) is 25.9 Å². The molecule has 2 rings (SSSR count). The summed E-state index contributed by atoms with van der Waals surface area (Å²) in [5.74, 6) is -3.11. The summed E-state index contributed by atoms with van der Waals surface area (Å²) in [5, 5.41) is 26.8. The van der Waals surface area contributed by atoms with Crippen molar-refractivity contribution in [2.24, 2.45) is 11.5 Å². The number of nitrogens with zero attached hydrogens (tertiary/aromatic N) is 1. The highest BCUT2D eigenvalue weighted by Crippen LogP contribution is 2.12. The number of thiol groups is 1. The lowest BCUT2D eigenvalue weighted by molar-refractivity contribution is -0.142. The summed E-state index contributed by atoms with van der Waals surface area (Å²) in [6, 6.07) is 1.53. The number of carbonyl (C=O) groups excluding carboxylic acids is 3. The normalized spacial score (nSPS) is 14.1. The molecule has 3 amide bonds. The molecule has 10 N–H and O–H groups in total. The van der Waals surface area contributed by atoms with Gasteiger partial charge in [0.2, 0.25) is 17.7 Å². The van der Waals surface area contributed by atoms with Crippen LogP contribution in [0.15, 0.2) is 36.8 Å². The first-order chi connectivity index (χ1) is 18.1. The quantitative estimate of drug-likeness (QED) is 0.0906. The third kappa shape index (κ3) is 10.0. The second kappa shape index (κ2) is 15.6. The minimum Gasteiger partial charge on any atom is -0.508 e. The highest BCUT2D eigenvalue weighted by Gasteiger charge is 2.30. The second-order valence-electron chi connectivity index (χ2n) is 8.75. The molecule has 0 bridgehead atoms. The number of hydrogen-bond donors (Lipinski definition) is 9. The first kappa shape index (κ1) is 30.6. The molecule has 2 aromatic rings. The fourth-order valence-electron chi connectivity index (χ4n) is 3.56. The van der Waals surface area contributed by atoms with Gasteiger partial charge in [-0.1, -0.05) is 12.1 Å². The van der Waals surface area contributed by atoms with Crippen molar-refractivity contribution < 1.29 is 29.4 Å². The largest absolute Gasteiger partial charge is 0.508 e. The molecule has 38 heavy (non-hydrogen) atoms. The average molecular weight is 550 g/mol. The fourth-order valence-corrected chi connectivity index (χ4v) is 3.73. The molecule has 0 saturated heterocycles. The third-order valence-corrected chi connectivity index (χ3v) is 6.11. The van der Waals surface area contributed by atoms with Gasteiger partial charge >= 0.3 is 5.97 Å². The molecule has 13 nitrogen and oxygen atoms in total. The number of nitrogens with one attached hydrogen (secondary N) is 4. The molecule has 4 unspecified atom stereocenters. The number of aromatic hydroxyl groups is 1. The Morgan fingerprint density at radius 1 is 0.947 bits per heavy atom. The second-order valence-corrected chi connectivity index (χ2v) is 9.11. The molecule has 208 valence electrons. The van der Waals surface area contributed by atoms with Crippen LogP contribution in [-0.2, 0) is 32.0 Å². The number of H-pyrrole nitrogens is 1. The van der Waals surface area contributed by atoms with Crippen molar-refractivity contribution in [3.05, 3.63) is 48.0 Å². The number of carboxylic acids is 1. The van der Waals surface area contributed by atoms with E-state index in [4.69, 9.17) is 11.5 Å². The predicted molar refractivity (Wildman–Crippen MR) is 142 cm³/mol. The summed E-state index contributed by atoms with van der Waals surface area (Å²) in [6.45, 7) is 0.376. The molecule has 4 atom stereocenters. The van der Waals surface area contributed by atoms with Gasteiger partial charge in [0, 0.05) is 30.5 Å². The molecule has 14 heteroatoms. The summed E-state index contributed by atoms with van der Waals surface area (Å²) in [5.41, 5.74) is 12.5. The Kier molecular flexibility index (Phi) is 12.6. The average Bonchev–Trinajstić information content (AvgIpc) is 3.41. The predicted octanol–water partition coefficient (Wildman–Crippen LogP) is -1.17. The number of aromatic amines is 1. The molecule has 1 aromatic heterocycles. The molecule has 0 aliphatic heterocycles. The highest BCUT2D eigenvalue weighted by molar-refractivity contribution is 7.80. The van der Waals surface area contributed by atoms with Gasteiger partial charge in [0.15, 0.2) is 0 Å². The lowest BCUT2D eigenvalue weighted by atomic mass is 10.0. The zero-order valence-electron chi connectivity index (χ0n) is 20.8. The van der Waals surface area contributed by atoms with Gasteiger partial charge in [-0.3, -0.25) is 14.4 Å². The molecule has 1 heterocycles. The number of aliphatic carboxylic acids is 1. The van der Waals surface area contributed by atoms with Crippen LogP contribution in [0, 0.1) is 0 Å². The van der Waals surface area contributed by atoms with E-state index in [2.05, 4.69) is 38.5 Å². The molecule has 0 fully saturated rings. The lowest BCUT2D eigenvalue weighted by Crippen LogP contribution is -2.58. The number of benzene rings is 1. The number of phenolic OH excluding ortho intramolecular Hbond substituents is 1. The molecular weight excluding hydrogens is 514 g/mol. The molecule has 0 spiro atoms. The molecule has 0 saturated carbocycles. The van der Waals surface area contributed by atoms with Gasteiger partial charge in [0.05, 0.1) is 12.4 Å². The van der Waals surface area contributed by atoms with Crippen LogP contribution in [0.4, 0.5) is 0 Å². The lowest BCUT2D eigenvalue weighted by Gasteiger charge is -2.25. The Morgan fingerprint density at radius 3 is 2.16 bits per heavy atom. The van der Waals surface area contributed by atoms with Crippen molar-refractivity contribution in [1.29, 1.82) is 0 Å². The van der Waals surface area contributed by atoms with Crippen LogP contribution in [0.1, 0.15) is 30.5 Å². The molecule has 1 aromatic carbocycles. The van der Waals surface area contributed by atoms with E-state index in [9.17, 15) is 29.4 Å². The number of hydrogen-bond acceptors (Lipinski definition) is 9. The maximum Gasteiger partial charge on any atom is 0.326 e. The molecular formula is C24H35N7O6S. The maximum absolute atomic E-state index is 13.2. The molecule has 0 radical (unpaired) electrons. The van der Waals surface area contributed by atoms with Crippen molar-refractivity contribution in [2.45, 2.75) is 56.3 Å². The van der Waals surface area contributed by atoms with Crippen molar-refractivity contribution in [3.63, 3.8) is 0 Å². The third-order valence-electron chi connectivity index (χ3n) is 5.72. The van der Waals surface area contributed by atoms with Gasteiger partial charge in [-0.15, -0.1) is 0 Å². The van der Waals surface area contributed by atoms with Crippen molar-refractivity contribution in [3.8, 4) is 5.75 Å². The van der Waals surface area contributed by atoms with Crippen LogP contribution in [0.3, 0.4) is 0 Å². The number of unbranched alkanes of at least 4 members (excludes halogenated alkanes) is 1. The van der Waals surface area contributed by atoms with Gasteiger partial charge in [0.1, 0.15) is 23.9 Å². The number of carboxylic acid groups (broad SMARTS) is 1. The first-order valence-corrected chi connectivity index (χ1v) is 12.7. The first-order valence-electron chi connectivity index (χ1n) is 12.1. The smallest absolute Gasteiger partial charge is 0.326 e. The van der Waals surface area contributed by atoms with E-state index in [1.807, 2.05) is 0 Å². The number of nitrogens with two attached hydrogens (primary N) is 2. The van der Waals surface area contributed by atoms with Crippen LogP contribution >= 0.6 is 12.6 Å². The van der Waals surface area contributed by atoms with Crippen LogP contribution < -0.4 is 27.4 Å². The van der Waals surface area contributed by atoms with Gasteiger partial charge in [0.25, 0.3) is 0 Å². The minimum atomic E-state index is -1.28. The zero-order chi connectivity index (χ0) is 28.1. The molecule has 0 aliphatic carbocycles.